The molecular weight excluding hydrogens is 220 g/mol. The number of rotatable bonds is 2. The SMILES string of the molecule is O=C(O)C1CCCc2cnc(C3CCCO3)n21. The van der Waals surface area contributed by atoms with Crippen LogP contribution in [-0.2, 0) is 16.0 Å². The van der Waals surface area contributed by atoms with Gasteiger partial charge in [-0.2, -0.15) is 0 Å². The standard InChI is InChI=1S/C12H16N2O3/c15-12(16)9-4-1-3-8-7-13-11(14(8)9)10-5-2-6-17-10/h7,9-10H,1-6H2,(H,15,16). The lowest BCUT2D eigenvalue weighted by atomic mass is 10.0. The minimum absolute atomic E-state index is 0.0105. The Balaban J connectivity index is 2.00. The lowest BCUT2D eigenvalue weighted by molar-refractivity contribution is -0.141. The Morgan fingerprint density at radius 2 is 2.35 bits per heavy atom. The number of aromatic nitrogens is 2. The summed E-state index contributed by atoms with van der Waals surface area (Å²) in [5.74, 6) is 0.0489. The van der Waals surface area contributed by atoms with Crippen LogP contribution in [0.4, 0.5) is 0 Å². The van der Waals surface area contributed by atoms with E-state index >= 15 is 0 Å². The van der Waals surface area contributed by atoms with E-state index in [4.69, 9.17) is 4.74 Å². The molecule has 0 radical (unpaired) electrons. The first-order valence-corrected chi connectivity index (χ1v) is 6.18. The highest BCUT2D eigenvalue weighted by Gasteiger charge is 2.32. The molecule has 92 valence electrons. The van der Waals surface area contributed by atoms with E-state index in [0.717, 1.165) is 43.8 Å². The van der Waals surface area contributed by atoms with Gasteiger partial charge in [0, 0.05) is 18.5 Å². The van der Waals surface area contributed by atoms with Crippen LogP contribution in [0.1, 0.15) is 49.3 Å². The molecule has 3 heterocycles. The monoisotopic (exact) mass is 236 g/mol. The minimum Gasteiger partial charge on any atom is -0.480 e. The number of imidazole rings is 1. The van der Waals surface area contributed by atoms with Crippen molar-refractivity contribution in [2.45, 2.75) is 44.2 Å². The van der Waals surface area contributed by atoms with Gasteiger partial charge >= 0.3 is 5.97 Å². The van der Waals surface area contributed by atoms with E-state index in [0.29, 0.717) is 6.42 Å². The fraction of sp³-hybridized carbons (Fsp3) is 0.667. The first-order valence-electron chi connectivity index (χ1n) is 6.18. The highest BCUT2D eigenvalue weighted by Crippen LogP contribution is 2.34. The highest BCUT2D eigenvalue weighted by molar-refractivity contribution is 5.72. The van der Waals surface area contributed by atoms with Crippen molar-refractivity contribution in [1.29, 1.82) is 0 Å². The Labute approximate surface area is 99.4 Å². The third kappa shape index (κ3) is 1.74. The number of ether oxygens (including phenoxy) is 1. The molecule has 1 aromatic rings. The molecule has 3 rings (SSSR count). The summed E-state index contributed by atoms with van der Waals surface area (Å²) >= 11 is 0. The number of hydrogen-bond acceptors (Lipinski definition) is 3. The second-order valence-corrected chi connectivity index (χ2v) is 4.73. The van der Waals surface area contributed by atoms with Gasteiger partial charge in [-0.05, 0) is 32.1 Å². The maximum atomic E-state index is 11.3. The number of aryl methyl sites for hydroxylation is 1. The molecule has 2 unspecified atom stereocenters. The molecule has 2 aliphatic rings. The van der Waals surface area contributed by atoms with Crippen molar-refractivity contribution in [2.24, 2.45) is 0 Å². The maximum Gasteiger partial charge on any atom is 0.326 e. The van der Waals surface area contributed by atoms with Gasteiger partial charge in [0.05, 0.1) is 0 Å². The van der Waals surface area contributed by atoms with Gasteiger partial charge in [-0.1, -0.05) is 0 Å². The van der Waals surface area contributed by atoms with Gasteiger partial charge in [0.2, 0.25) is 0 Å². The molecule has 0 bridgehead atoms. The smallest absolute Gasteiger partial charge is 0.326 e. The van der Waals surface area contributed by atoms with E-state index in [2.05, 4.69) is 4.98 Å². The molecule has 2 atom stereocenters. The summed E-state index contributed by atoms with van der Waals surface area (Å²) in [5, 5.41) is 9.28. The van der Waals surface area contributed by atoms with Crippen LogP contribution in [0, 0.1) is 0 Å². The lowest BCUT2D eigenvalue weighted by Gasteiger charge is -2.25. The van der Waals surface area contributed by atoms with Crippen LogP contribution in [0.25, 0.3) is 0 Å². The van der Waals surface area contributed by atoms with Crippen LogP contribution in [-0.4, -0.2) is 27.2 Å². The second kappa shape index (κ2) is 4.14. The molecule has 0 spiro atoms. The van der Waals surface area contributed by atoms with E-state index in [9.17, 15) is 9.90 Å². The van der Waals surface area contributed by atoms with Crippen molar-refractivity contribution in [3.05, 3.63) is 17.7 Å². The summed E-state index contributed by atoms with van der Waals surface area (Å²) in [4.78, 5) is 15.7. The Morgan fingerprint density at radius 3 is 3.06 bits per heavy atom. The van der Waals surface area contributed by atoms with E-state index in [1.54, 1.807) is 0 Å². The molecular formula is C12H16N2O3. The van der Waals surface area contributed by atoms with Gasteiger partial charge in [0.1, 0.15) is 18.0 Å². The van der Waals surface area contributed by atoms with E-state index in [-0.39, 0.29) is 6.10 Å². The van der Waals surface area contributed by atoms with Crippen LogP contribution in [0.15, 0.2) is 6.20 Å². The Kier molecular flexibility index (Phi) is 2.63. The van der Waals surface area contributed by atoms with Crippen LogP contribution < -0.4 is 0 Å². The summed E-state index contributed by atoms with van der Waals surface area (Å²) in [6.45, 7) is 0.755. The number of carboxylic acid groups (broad SMARTS) is 1. The first kappa shape index (κ1) is 10.8. The zero-order valence-corrected chi connectivity index (χ0v) is 9.63. The van der Waals surface area contributed by atoms with Crippen LogP contribution >= 0.6 is 0 Å². The van der Waals surface area contributed by atoms with Gasteiger partial charge in [-0.15, -0.1) is 0 Å². The van der Waals surface area contributed by atoms with Gasteiger partial charge in [-0.25, -0.2) is 9.78 Å². The lowest BCUT2D eigenvalue weighted by Crippen LogP contribution is -2.27. The van der Waals surface area contributed by atoms with Crippen LogP contribution in [0.5, 0.6) is 0 Å². The van der Waals surface area contributed by atoms with E-state index in [1.165, 1.54) is 0 Å². The third-order valence-electron chi connectivity index (χ3n) is 3.63. The molecule has 0 saturated carbocycles. The fourth-order valence-electron chi connectivity index (χ4n) is 2.82. The topological polar surface area (TPSA) is 64.3 Å². The number of hydrogen-bond donors (Lipinski definition) is 1. The molecule has 2 aliphatic heterocycles. The Hall–Kier alpha value is -1.36. The molecule has 0 aliphatic carbocycles. The van der Waals surface area contributed by atoms with Gasteiger partial charge in [-0.3, -0.25) is 0 Å². The number of aliphatic carboxylic acids is 1. The zero-order valence-electron chi connectivity index (χ0n) is 9.63. The molecule has 0 amide bonds. The fourth-order valence-corrected chi connectivity index (χ4v) is 2.82. The van der Waals surface area contributed by atoms with Crippen molar-refractivity contribution in [2.75, 3.05) is 6.61 Å². The highest BCUT2D eigenvalue weighted by atomic mass is 16.5. The van der Waals surface area contributed by atoms with E-state index in [1.807, 2.05) is 10.8 Å². The number of nitrogens with zero attached hydrogens (tertiary/aromatic N) is 2. The Morgan fingerprint density at radius 1 is 1.47 bits per heavy atom. The minimum atomic E-state index is -0.761. The average molecular weight is 236 g/mol. The van der Waals surface area contributed by atoms with Gasteiger partial charge in [0.25, 0.3) is 0 Å². The summed E-state index contributed by atoms with van der Waals surface area (Å²) in [6, 6.07) is -0.458. The van der Waals surface area contributed by atoms with Crippen molar-refractivity contribution in [3.63, 3.8) is 0 Å². The predicted octanol–water partition coefficient (Wildman–Crippen LogP) is 1.70. The average Bonchev–Trinajstić information content (AvgIpc) is 2.96. The molecule has 1 aromatic heterocycles. The van der Waals surface area contributed by atoms with Gasteiger partial charge < -0.3 is 14.4 Å². The van der Waals surface area contributed by atoms with Crippen molar-refractivity contribution in [3.8, 4) is 0 Å². The van der Waals surface area contributed by atoms with E-state index < -0.39 is 12.0 Å². The van der Waals surface area contributed by atoms with Crippen LogP contribution in [0.3, 0.4) is 0 Å². The largest absolute Gasteiger partial charge is 0.480 e. The summed E-state index contributed by atoms with van der Waals surface area (Å²) in [7, 11) is 0. The van der Waals surface area contributed by atoms with Crippen molar-refractivity contribution < 1.29 is 14.6 Å². The van der Waals surface area contributed by atoms with Gasteiger partial charge in [0.15, 0.2) is 0 Å². The Bertz CT molecular complexity index is 435. The number of fused-ring (bicyclic) bond motifs is 1. The molecule has 1 saturated heterocycles. The molecule has 0 aromatic carbocycles. The second-order valence-electron chi connectivity index (χ2n) is 4.73. The number of carbonyl (C=O) groups is 1. The molecule has 17 heavy (non-hydrogen) atoms. The zero-order chi connectivity index (χ0) is 11.8. The first-order chi connectivity index (χ1) is 8.27. The summed E-state index contributed by atoms with van der Waals surface area (Å²) < 4.78 is 7.51. The molecule has 1 N–H and O–H groups in total. The quantitative estimate of drug-likeness (QED) is 0.848. The molecule has 5 heteroatoms. The maximum absolute atomic E-state index is 11.3. The summed E-state index contributed by atoms with van der Waals surface area (Å²) in [5.41, 5.74) is 1.04. The van der Waals surface area contributed by atoms with Crippen molar-refractivity contribution >= 4 is 5.97 Å². The normalized spacial score (nSPS) is 28.0. The molecule has 5 nitrogen and oxygen atoms in total. The number of carboxylic acids is 1. The van der Waals surface area contributed by atoms with Crippen LogP contribution in [0.2, 0.25) is 0 Å². The van der Waals surface area contributed by atoms with Crippen molar-refractivity contribution in [1.82, 2.24) is 9.55 Å². The predicted molar refractivity (Wildman–Crippen MR) is 59.8 cm³/mol. The third-order valence-corrected chi connectivity index (χ3v) is 3.63. The molecule has 1 fully saturated rings. The summed E-state index contributed by atoms with van der Waals surface area (Å²) in [6.07, 6.45) is 6.32.